The van der Waals surface area contributed by atoms with Crippen molar-refractivity contribution in [3.8, 4) is 0 Å². The van der Waals surface area contributed by atoms with Gasteiger partial charge in [-0.1, -0.05) is 32.0 Å². The Hall–Kier alpha value is -1.48. The van der Waals surface area contributed by atoms with Crippen molar-refractivity contribution in [1.82, 2.24) is 15.3 Å². The molecule has 0 spiro atoms. The zero-order valence-electron chi connectivity index (χ0n) is 11.2. The van der Waals surface area contributed by atoms with Crippen molar-refractivity contribution in [3.63, 3.8) is 0 Å². The smallest absolute Gasteiger partial charge is 0.116 e. The molecule has 0 aliphatic carbocycles. The van der Waals surface area contributed by atoms with Crippen molar-refractivity contribution in [1.29, 1.82) is 0 Å². The molecular weight excluding hydrogens is 222 g/mol. The first-order valence-electron chi connectivity index (χ1n) is 6.77. The topological polar surface area (TPSA) is 37.8 Å². The average Bonchev–Trinajstić information content (AvgIpc) is 2.43. The lowest BCUT2D eigenvalue weighted by atomic mass is 10.0. The highest BCUT2D eigenvalue weighted by Crippen LogP contribution is 2.16. The molecule has 96 valence electrons. The molecule has 0 amide bonds. The van der Waals surface area contributed by atoms with E-state index in [1.807, 2.05) is 12.1 Å². The van der Waals surface area contributed by atoms with Gasteiger partial charge < -0.3 is 5.32 Å². The molecule has 0 aliphatic heterocycles. The number of aromatic nitrogens is 2. The number of fused-ring (bicyclic) bond motifs is 1. The Morgan fingerprint density at radius 3 is 2.78 bits per heavy atom. The highest BCUT2D eigenvalue weighted by Gasteiger charge is 2.10. The Kier molecular flexibility index (Phi) is 4.65. The summed E-state index contributed by atoms with van der Waals surface area (Å²) in [5.74, 6) is 0. The van der Waals surface area contributed by atoms with E-state index in [0.717, 1.165) is 30.6 Å². The molecule has 1 heterocycles. The van der Waals surface area contributed by atoms with Crippen LogP contribution in [0.5, 0.6) is 0 Å². The lowest BCUT2D eigenvalue weighted by molar-refractivity contribution is 0.492. The van der Waals surface area contributed by atoms with Gasteiger partial charge in [0.1, 0.15) is 6.33 Å². The van der Waals surface area contributed by atoms with Crippen molar-refractivity contribution in [2.45, 2.75) is 39.2 Å². The van der Waals surface area contributed by atoms with Gasteiger partial charge in [0.05, 0.1) is 11.2 Å². The molecule has 1 aromatic heterocycles. The van der Waals surface area contributed by atoms with E-state index < -0.39 is 0 Å². The molecule has 0 saturated heterocycles. The lowest BCUT2D eigenvalue weighted by Crippen LogP contribution is -2.31. The standard InChI is InChI=1S/C15H21N3/c1-3-9-16-12(4-2)10-15-13-7-5-6-8-14(13)17-11-18-15/h5-8,11-12,16H,3-4,9-10H2,1-2H3. The molecule has 1 N–H and O–H groups in total. The molecule has 0 saturated carbocycles. The van der Waals surface area contributed by atoms with Crippen molar-refractivity contribution in [2.24, 2.45) is 0 Å². The molecule has 2 aromatic rings. The van der Waals surface area contributed by atoms with Gasteiger partial charge in [0.15, 0.2) is 0 Å². The Balaban J connectivity index is 2.19. The highest BCUT2D eigenvalue weighted by molar-refractivity contribution is 5.80. The van der Waals surface area contributed by atoms with Crippen LogP contribution in [0.25, 0.3) is 10.9 Å². The fourth-order valence-electron chi connectivity index (χ4n) is 2.17. The zero-order chi connectivity index (χ0) is 12.8. The SMILES string of the molecule is CCCNC(CC)Cc1ncnc2ccccc12. The Morgan fingerprint density at radius 1 is 1.17 bits per heavy atom. The Morgan fingerprint density at radius 2 is 2.00 bits per heavy atom. The van der Waals surface area contributed by atoms with E-state index in [2.05, 4.69) is 41.3 Å². The molecule has 0 aliphatic rings. The van der Waals surface area contributed by atoms with Crippen LogP contribution in [0.4, 0.5) is 0 Å². The van der Waals surface area contributed by atoms with E-state index in [9.17, 15) is 0 Å². The quantitative estimate of drug-likeness (QED) is 0.847. The van der Waals surface area contributed by atoms with Crippen LogP contribution in [-0.4, -0.2) is 22.6 Å². The summed E-state index contributed by atoms with van der Waals surface area (Å²) in [4.78, 5) is 8.76. The first kappa shape index (κ1) is 13.0. The fraction of sp³-hybridized carbons (Fsp3) is 0.467. The normalized spacial score (nSPS) is 12.8. The maximum absolute atomic E-state index is 4.45. The molecule has 18 heavy (non-hydrogen) atoms. The van der Waals surface area contributed by atoms with Crippen LogP contribution in [0.2, 0.25) is 0 Å². The van der Waals surface area contributed by atoms with Gasteiger partial charge in [-0.15, -0.1) is 0 Å². The summed E-state index contributed by atoms with van der Waals surface area (Å²) in [6.45, 7) is 5.48. The molecule has 1 unspecified atom stereocenters. The van der Waals surface area contributed by atoms with Crippen LogP contribution >= 0.6 is 0 Å². The summed E-state index contributed by atoms with van der Waals surface area (Å²) in [6.07, 6.45) is 4.93. The molecule has 1 aromatic carbocycles. The summed E-state index contributed by atoms with van der Waals surface area (Å²) < 4.78 is 0. The first-order valence-corrected chi connectivity index (χ1v) is 6.77. The average molecular weight is 243 g/mol. The number of nitrogens with zero attached hydrogens (tertiary/aromatic N) is 2. The minimum Gasteiger partial charge on any atom is -0.314 e. The van der Waals surface area contributed by atoms with Crippen molar-refractivity contribution in [3.05, 3.63) is 36.3 Å². The summed E-state index contributed by atoms with van der Waals surface area (Å²) >= 11 is 0. The third-order valence-corrected chi connectivity index (χ3v) is 3.24. The fourth-order valence-corrected chi connectivity index (χ4v) is 2.17. The van der Waals surface area contributed by atoms with Gasteiger partial charge >= 0.3 is 0 Å². The number of hydrogen-bond donors (Lipinski definition) is 1. The number of para-hydroxylation sites is 1. The molecule has 0 fully saturated rings. The van der Waals surface area contributed by atoms with Gasteiger partial charge in [-0.2, -0.15) is 0 Å². The molecule has 1 atom stereocenters. The molecule has 3 heteroatoms. The molecule has 0 bridgehead atoms. The van der Waals surface area contributed by atoms with Crippen LogP contribution in [0.15, 0.2) is 30.6 Å². The van der Waals surface area contributed by atoms with Crippen LogP contribution in [-0.2, 0) is 6.42 Å². The second kappa shape index (κ2) is 6.45. The van der Waals surface area contributed by atoms with E-state index in [1.54, 1.807) is 6.33 Å². The predicted octanol–water partition coefficient (Wildman–Crippen LogP) is 2.95. The summed E-state index contributed by atoms with van der Waals surface area (Å²) in [5, 5.41) is 4.75. The van der Waals surface area contributed by atoms with Gasteiger partial charge in [-0.3, -0.25) is 0 Å². The maximum atomic E-state index is 4.45. The summed E-state index contributed by atoms with van der Waals surface area (Å²) in [6, 6.07) is 8.72. The van der Waals surface area contributed by atoms with E-state index in [0.29, 0.717) is 6.04 Å². The summed E-state index contributed by atoms with van der Waals surface area (Å²) in [5.41, 5.74) is 2.18. The van der Waals surface area contributed by atoms with Gasteiger partial charge in [0.2, 0.25) is 0 Å². The van der Waals surface area contributed by atoms with E-state index >= 15 is 0 Å². The minimum absolute atomic E-state index is 0.503. The zero-order valence-corrected chi connectivity index (χ0v) is 11.2. The molecule has 3 nitrogen and oxygen atoms in total. The second-order valence-electron chi connectivity index (χ2n) is 4.60. The van der Waals surface area contributed by atoms with Gasteiger partial charge in [-0.25, -0.2) is 9.97 Å². The Bertz CT molecular complexity index is 491. The van der Waals surface area contributed by atoms with E-state index in [-0.39, 0.29) is 0 Å². The van der Waals surface area contributed by atoms with E-state index in [1.165, 1.54) is 11.8 Å². The molecule has 2 rings (SSSR count). The lowest BCUT2D eigenvalue weighted by Gasteiger charge is -2.16. The van der Waals surface area contributed by atoms with Crippen molar-refractivity contribution >= 4 is 10.9 Å². The molecule has 0 radical (unpaired) electrons. The van der Waals surface area contributed by atoms with Crippen LogP contribution < -0.4 is 5.32 Å². The number of rotatable bonds is 6. The van der Waals surface area contributed by atoms with Gasteiger partial charge in [-0.05, 0) is 25.5 Å². The largest absolute Gasteiger partial charge is 0.314 e. The van der Waals surface area contributed by atoms with Crippen LogP contribution in [0.3, 0.4) is 0 Å². The van der Waals surface area contributed by atoms with Crippen LogP contribution in [0.1, 0.15) is 32.4 Å². The third kappa shape index (κ3) is 3.05. The van der Waals surface area contributed by atoms with Crippen molar-refractivity contribution in [2.75, 3.05) is 6.54 Å². The Labute approximate surface area is 109 Å². The molecular formula is C15H21N3. The van der Waals surface area contributed by atoms with Gasteiger partial charge in [0, 0.05) is 17.8 Å². The van der Waals surface area contributed by atoms with Gasteiger partial charge in [0.25, 0.3) is 0 Å². The number of hydrogen-bond acceptors (Lipinski definition) is 3. The number of nitrogens with one attached hydrogen (secondary N) is 1. The van der Waals surface area contributed by atoms with E-state index in [4.69, 9.17) is 0 Å². The monoisotopic (exact) mass is 243 g/mol. The maximum Gasteiger partial charge on any atom is 0.116 e. The third-order valence-electron chi connectivity index (χ3n) is 3.24. The first-order chi connectivity index (χ1) is 8.85. The van der Waals surface area contributed by atoms with Crippen molar-refractivity contribution < 1.29 is 0 Å². The minimum atomic E-state index is 0.503. The second-order valence-corrected chi connectivity index (χ2v) is 4.60. The predicted molar refractivity (Wildman–Crippen MR) is 75.6 cm³/mol. The highest BCUT2D eigenvalue weighted by atomic mass is 14.9. The summed E-state index contributed by atoms with van der Waals surface area (Å²) in [7, 11) is 0. The number of benzene rings is 1. The van der Waals surface area contributed by atoms with Crippen LogP contribution in [0, 0.1) is 0 Å².